The Hall–Kier alpha value is -1.25. The number of piperidine rings is 1. The third kappa shape index (κ3) is 3.12. The largest absolute Gasteiger partial charge is 0.445 e. The van der Waals surface area contributed by atoms with Gasteiger partial charge in [-0.2, -0.15) is 0 Å². The molecule has 0 bridgehead atoms. The van der Waals surface area contributed by atoms with Gasteiger partial charge in [-0.3, -0.25) is 0 Å². The Labute approximate surface area is 96.8 Å². The number of likely N-dealkylation sites (tertiary alicyclic amines) is 1. The Balaban J connectivity index is 1.74. The zero-order chi connectivity index (χ0) is 11.2. The number of ether oxygens (including phenoxy) is 1. The van der Waals surface area contributed by atoms with Gasteiger partial charge < -0.3 is 9.64 Å². The molecule has 1 aliphatic carbocycles. The minimum Gasteiger partial charge on any atom is -0.445 e. The molecule has 0 aromatic heterocycles. The second-order valence-electron chi connectivity index (χ2n) is 4.36. The summed E-state index contributed by atoms with van der Waals surface area (Å²) in [5.74, 6) is 0. The Bertz CT molecular complexity index is 301. The third-order valence-electron chi connectivity index (χ3n) is 3.05. The highest BCUT2D eigenvalue weighted by Crippen LogP contribution is 2.12. The summed E-state index contributed by atoms with van der Waals surface area (Å²) in [4.78, 5) is 13.5. The van der Waals surface area contributed by atoms with Gasteiger partial charge in [0.1, 0.15) is 6.61 Å². The van der Waals surface area contributed by atoms with Crippen LogP contribution in [0.5, 0.6) is 0 Å². The fraction of sp³-hybridized carbons (Fsp3) is 0.615. The van der Waals surface area contributed by atoms with Gasteiger partial charge in [-0.15, -0.1) is 0 Å². The van der Waals surface area contributed by atoms with Crippen LogP contribution in [0.1, 0.15) is 32.1 Å². The second kappa shape index (κ2) is 5.73. The van der Waals surface area contributed by atoms with Gasteiger partial charge in [0.25, 0.3) is 0 Å². The molecule has 1 fully saturated rings. The number of nitrogens with zero attached hydrogens (tertiary/aromatic N) is 1. The summed E-state index contributed by atoms with van der Waals surface area (Å²) in [7, 11) is 0. The fourth-order valence-corrected chi connectivity index (χ4v) is 2.09. The van der Waals surface area contributed by atoms with Gasteiger partial charge in [-0.25, -0.2) is 4.79 Å². The maximum atomic E-state index is 11.7. The maximum Gasteiger partial charge on any atom is 0.410 e. The molecule has 2 rings (SSSR count). The van der Waals surface area contributed by atoms with Gasteiger partial charge in [0.05, 0.1) is 0 Å². The van der Waals surface area contributed by atoms with Crippen LogP contribution in [-0.2, 0) is 4.74 Å². The molecule has 0 unspecified atom stereocenters. The average molecular weight is 221 g/mol. The van der Waals surface area contributed by atoms with E-state index in [1.807, 2.05) is 11.0 Å². The third-order valence-corrected chi connectivity index (χ3v) is 3.05. The molecule has 0 atom stereocenters. The van der Waals surface area contributed by atoms with Crippen LogP contribution in [0.2, 0.25) is 0 Å². The Morgan fingerprint density at radius 2 is 2.06 bits per heavy atom. The zero-order valence-corrected chi connectivity index (χ0v) is 9.65. The predicted octanol–water partition coefficient (Wildman–Crippen LogP) is 2.89. The Morgan fingerprint density at radius 3 is 2.75 bits per heavy atom. The summed E-state index contributed by atoms with van der Waals surface area (Å²) in [6.07, 6.45) is 11.8. The summed E-state index contributed by atoms with van der Waals surface area (Å²) in [6, 6.07) is 0. The van der Waals surface area contributed by atoms with Gasteiger partial charge in [0.2, 0.25) is 0 Å². The topological polar surface area (TPSA) is 29.5 Å². The Kier molecular flexibility index (Phi) is 4.03. The van der Waals surface area contributed by atoms with Crippen LogP contribution in [0.25, 0.3) is 0 Å². The van der Waals surface area contributed by atoms with Crippen LogP contribution in [0.4, 0.5) is 4.79 Å². The van der Waals surface area contributed by atoms with Crippen molar-refractivity contribution in [2.75, 3.05) is 19.7 Å². The van der Waals surface area contributed by atoms with Gasteiger partial charge in [0, 0.05) is 13.1 Å². The molecule has 0 aromatic carbocycles. The fourth-order valence-electron chi connectivity index (χ4n) is 2.09. The number of hydrogen-bond acceptors (Lipinski definition) is 2. The van der Waals surface area contributed by atoms with E-state index in [1.54, 1.807) is 0 Å². The number of amides is 1. The first-order valence-corrected chi connectivity index (χ1v) is 6.13. The van der Waals surface area contributed by atoms with E-state index in [0.29, 0.717) is 6.61 Å². The van der Waals surface area contributed by atoms with Crippen LogP contribution in [-0.4, -0.2) is 30.7 Å². The van der Waals surface area contributed by atoms with Crippen molar-refractivity contribution in [2.24, 2.45) is 0 Å². The van der Waals surface area contributed by atoms with Crippen LogP contribution in [0, 0.1) is 0 Å². The summed E-state index contributed by atoms with van der Waals surface area (Å²) in [5, 5.41) is 0. The first-order valence-electron chi connectivity index (χ1n) is 6.13. The highest BCUT2D eigenvalue weighted by molar-refractivity contribution is 5.68. The summed E-state index contributed by atoms with van der Waals surface area (Å²) >= 11 is 0. The lowest BCUT2D eigenvalue weighted by Crippen LogP contribution is -2.36. The lowest BCUT2D eigenvalue weighted by molar-refractivity contribution is 0.103. The van der Waals surface area contributed by atoms with Gasteiger partial charge >= 0.3 is 6.09 Å². The van der Waals surface area contributed by atoms with Gasteiger partial charge in [-0.05, 0) is 37.7 Å². The van der Waals surface area contributed by atoms with Crippen molar-refractivity contribution in [1.82, 2.24) is 4.90 Å². The van der Waals surface area contributed by atoms with E-state index in [0.717, 1.165) is 44.3 Å². The number of rotatable bonds is 2. The van der Waals surface area contributed by atoms with Crippen LogP contribution in [0.3, 0.4) is 0 Å². The summed E-state index contributed by atoms with van der Waals surface area (Å²) < 4.78 is 5.29. The van der Waals surface area contributed by atoms with Gasteiger partial charge in [-0.1, -0.05) is 18.2 Å². The summed E-state index contributed by atoms with van der Waals surface area (Å²) in [6.45, 7) is 2.13. The standard InChI is InChI=1S/C13H19NO2/c15-13(14-9-5-2-6-10-14)16-11-12-7-3-1-4-8-12/h3,7-8H,1-2,4-6,9-11H2. The highest BCUT2D eigenvalue weighted by Gasteiger charge is 2.17. The molecular weight excluding hydrogens is 202 g/mol. The quantitative estimate of drug-likeness (QED) is 0.717. The molecule has 0 N–H and O–H groups in total. The molecule has 2 aliphatic rings. The highest BCUT2D eigenvalue weighted by atomic mass is 16.6. The molecule has 1 aliphatic heterocycles. The molecule has 0 radical (unpaired) electrons. The smallest absolute Gasteiger partial charge is 0.410 e. The van der Waals surface area contributed by atoms with E-state index in [4.69, 9.17) is 4.74 Å². The molecule has 1 heterocycles. The van der Waals surface area contributed by atoms with E-state index >= 15 is 0 Å². The van der Waals surface area contributed by atoms with Crippen molar-refractivity contribution >= 4 is 6.09 Å². The van der Waals surface area contributed by atoms with Crippen molar-refractivity contribution in [3.8, 4) is 0 Å². The van der Waals surface area contributed by atoms with Crippen molar-refractivity contribution in [2.45, 2.75) is 32.1 Å². The molecule has 3 nitrogen and oxygen atoms in total. The predicted molar refractivity (Wildman–Crippen MR) is 63.2 cm³/mol. The molecule has 0 spiro atoms. The van der Waals surface area contributed by atoms with Crippen molar-refractivity contribution < 1.29 is 9.53 Å². The van der Waals surface area contributed by atoms with E-state index < -0.39 is 0 Å². The second-order valence-corrected chi connectivity index (χ2v) is 4.36. The molecule has 3 heteroatoms. The molecular formula is C13H19NO2. The minimum absolute atomic E-state index is 0.153. The van der Waals surface area contributed by atoms with Gasteiger partial charge in [0.15, 0.2) is 0 Å². The Morgan fingerprint density at radius 1 is 1.25 bits per heavy atom. The summed E-state index contributed by atoms with van der Waals surface area (Å²) in [5.41, 5.74) is 1.12. The molecule has 1 amide bonds. The van der Waals surface area contributed by atoms with Crippen LogP contribution >= 0.6 is 0 Å². The molecule has 0 aromatic rings. The molecule has 1 saturated heterocycles. The average Bonchev–Trinajstić information content (AvgIpc) is 2.38. The van der Waals surface area contributed by atoms with E-state index in [9.17, 15) is 4.79 Å². The molecule has 0 saturated carbocycles. The molecule has 88 valence electrons. The normalized spacial score (nSPS) is 20.5. The van der Waals surface area contributed by atoms with Crippen LogP contribution < -0.4 is 0 Å². The SMILES string of the molecule is O=C(OCC1=CCCC=C1)N1CCCCC1. The molecule has 16 heavy (non-hydrogen) atoms. The number of allylic oxidation sites excluding steroid dienone is 2. The lowest BCUT2D eigenvalue weighted by atomic mass is 10.1. The number of carbonyl (C=O) groups is 1. The first kappa shape index (κ1) is 11.2. The van der Waals surface area contributed by atoms with Crippen molar-refractivity contribution in [3.05, 3.63) is 23.8 Å². The monoisotopic (exact) mass is 221 g/mol. The number of carbonyl (C=O) groups excluding carboxylic acids is 1. The maximum absolute atomic E-state index is 11.7. The first-order chi connectivity index (χ1) is 7.86. The van der Waals surface area contributed by atoms with Crippen molar-refractivity contribution in [1.29, 1.82) is 0 Å². The number of hydrogen-bond donors (Lipinski definition) is 0. The van der Waals surface area contributed by atoms with E-state index in [-0.39, 0.29) is 6.09 Å². The zero-order valence-electron chi connectivity index (χ0n) is 9.65. The van der Waals surface area contributed by atoms with Crippen molar-refractivity contribution in [3.63, 3.8) is 0 Å². The van der Waals surface area contributed by atoms with E-state index in [1.165, 1.54) is 6.42 Å². The minimum atomic E-state index is -0.153. The van der Waals surface area contributed by atoms with Crippen LogP contribution in [0.15, 0.2) is 23.8 Å². The van der Waals surface area contributed by atoms with E-state index in [2.05, 4.69) is 12.2 Å². The lowest BCUT2D eigenvalue weighted by Gasteiger charge is -2.25.